The van der Waals surface area contributed by atoms with E-state index in [1.807, 2.05) is 20.8 Å². The minimum Gasteiger partial charge on any atom is -0.463 e. The third-order valence-electron chi connectivity index (χ3n) is 3.21. The summed E-state index contributed by atoms with van der Waals surface area (Å²) in [5, 5.41) is 6.32. The Balaban J connectivity index is 0.00000441. The van der Waals surface area contributed by atoms with E-state index in [-0.39, 0.29) is 41.7 Å². The first-order valence-electron chi connectivity index (χ1n) is 7.81. The number of hydrogen-bond acceptors (Lipinski definition) is 4. The predicted octanol–water partition coefficient (Wildman–Crippen LogP) is 2.07. The fourth-order valence-electron chi connectivity index (χ4n) is 2.15. The van der Waals surface area contributed by atoms with Crippen LogP contribution in [0, 0.1) is 0 Å². The quantitative estimate of drug-likeness (QED) is 0.282. The number of hydrogen-bond donors (Lipinski definition) is 2. The van der Waals surface area contributed by atoms with Crippen molar-refractivity contribution in [2.45, 2.75) is 58.7 Å². The molecule has 6 nitrogen and oxygen atoms in total. The lowest BCUT2D eigenvalue weighted by Gasteiger charge is -2.21. The lowest BCUT2D eigenvalue weighted by atomic mass is 10.0. The summed E-state index contributed by atoms with van der Waals surface area (Å²) in [5.74, 6) is 0.519. The maximum atomic E-state index is 11.5. The second-order valence-electron chi connectivity index (χ2n) is 5.81. The second-order valence-corrected chi connectivity index (χ2v) is 5.81. The van der Waals surface area contributed by atoms with Crippen LogP contribution in [-0.4, -0.2) is 49.9 Å². The number of nitrogens with zero attached hydrogens (tertiary/aromatic N) is 1. The molecule has 0 radical (unpaired) electrons. The van der Waals surface area contributed by atoms with Crippen LogP contribution in [0.5, 0.6) is 0 Å². The summed E-state index contributed by atoms with van der Waals surface area (Å²) >= 11 is 0. The van der Waals surface area contributed by atoms with Crippen molar-refractivity contribution in [1.82, 2.24) is 10.6 Å². The molecule has 0 aromatic heterocycles. The number of halogens is 1. The number of ether oxygens (including phenoxy) is 2. The van der Waals surface area contributed by atoms with Crippen LogP contribution in [0.2, 0.25) is 0 Å². The highest BCUT2D eigenvalue weighted by atomic mass is 127. The van der Waals surface area contributed by atoms with Crippen molar-refractivity contribution in [2.24, 2.45) is 4.99 Å². The molecule has 0 aromatic carbocycles. The number of esters is 1. The topological polar surface area (TPSA) is 72.0 Å². The second kappa shape index (κ2) is 11.0. The molecule has 0 saturated carbocycles. The van der Waals surface area contributed by atoms with E-state index >= 15 is 0 Å². The zero-order valence-corrected chi connectivity index (χ0v) is 16.4. The number of carbonyl (C=O) groups is 1. The van der Waals surface area contributed by atoms with E-state index in [2.05, 4.69) is 22.5 Å². The molecule has 1 rings (SSSR count). The van der Waals surface area contributed by atoms with Crippen LogP contribution in [0.3, 0.4) is 0 Å². The fraction of sp³-hybridized carbons (Fsp3) is 0.867. The molecule has 0 aliphatic carbocycles. The molecule has 1 aliphatic rings. The van der Waals surface area contributed by atoms with E-state index in [9.17, 15) is 4.79 Å². The molecule has 7 heteroatoms. The van der Waals surface area contributed by atoms with Gasteiger partial charge < -0.3 is 20.1 Å². The van der Waals surface area contributed by atoms with Crippen LogP contribution < -0.4 is 10.6 Å². The minimum absolute atomic E-state index is 0. The highest BCUT2D eigenvalue weighted by molar-refractivity contribution is 14.0. The summed E-state index contributed by atoms with van der Waals surface area (Å²) < 4.78 is 10.8. The molecule has 22 heavy (non-hydrogen) atoms. The van der Waals surface area contributed by atoms with Gasteiger partial charge in [-0.1, -0.05) is 0 Å². The summed E-state index contributed by atoms with van der Waals surface area (Å²) in [7, 11) is 0. The summed E-state index contributed by atoms with van der Waals surface area (Å²) in [6, 6.07) is 0. The first kappa shape index (κ1) is 21.4. The summed E-state index contributed by atoms with van der Waals surface area (Å²) in [6.07, 6.45) is 2.39. The number of rotatable bonds is 7. The fourth-order valence-corrected chi connectivity index (χ4v) is 2.15. The maximum absolute atomic E-state index is 11.5. The Kier molecular flexibility index (Phi) is 10.8. The van der Waals surface area contributed by atoms with Crippen molar-refractivity contribution in [2.75, 3.05) is 26.2 Å². The Labute approximate surface area is 150 Å². The molecule has 1 aliphatic heterocycles. The zero-order chi connectivity index (χ0) is 15.7. The van der Waals surface area contributed by atoms with Crippen LogP contribution in [0.1, 0.15) is 47.0 Å². The van der Waals surface area contributed by atoms with Crippen molar-refractivity contribution < 1.29 is 14.3 Å². The Morgan fingerprint density at radius 2 is 2.14 bits per heavy atom. The van der Waals surface area contributed by atoms with Gasteiger partial charge in [0.05, 0.1) is 24.7 Å². The first-order valence-corrected chi connectivity index (χ1v) is 7.81. The van der Waals surface area contributed by atoms with Crippen molar-refractivity contribution in [3.63, 3.8) is 0 Å². The third kappa shape index (κ3) is 8.77. The van der Waals surface area contributed by atoms with Gasteiger partial charge >= 0.3 is 5.97 Å². The van der Waals surface area contributed by atoms with Gasteiger partial charge in [-0.15, -0.1) is 24.0 Å². The van der Waals surface area contributed by atoms with Crippen LogP contribution in [0.25, 0.3) is 0 Å². The highest BCUT2D eigenvalue weighted by Crippen LogP contribution is 2.24. The number of aliphatic imine (C=N–C) groups is 1. The average Bonchev–Trinajstić information content (AvgIpc) is 2.82. The van der Waals surface area contributed by atoms with Crippen molar-refractivity contribution in [1.29, 1.82) is 0 Å². The van der Waals surface area contributed by atoms with Gasteiger partial charge in [0.1, 0.15) is 0 Å². The van der Waals surface area contributed by atoms with Gasteiger partial charge in [-0.25, -0.2) is 0 Å². The molecule has 1 fully saturated rings. The number of guanidine groups is 1. The van der Waals surface area contributed by atoms with E-state index in [0.29, 0.717) is 25.5 Å². The standard InChI is InChI=1S/C15H29N3O3.HI/c1-5-16-14(17-9-7-13(19)21-12(2)3)18-11-15(4)8-6-10-20-15;/h12H,5-11H2,1-4H3,(H2,16,17,18);1H. The van der Waals surface area contributed by atoms with Gasteiger partial charge in [-0.2, -0.15) is 0 Å². The van der Waals surface area contributed by atoms with Crippen LogP contribution in [0.15, 0.2) is 4.99 Å². The molecule has 1 saturated heterocycles. The van der Waals surface area contributed by atoms with Gasteiger partial charge in [-0.3, -0.25) is 9.79 Å². The van der Waals surface area contributed by atoms with E-state index in [1.54, 1.807) is 0 Å². The Hall–Kier alpha value is -0.570. The average molecular weight is 427 g/mol. The van der Waals surface area contributed by atoms with Gasteiger partial charge in [-0.05, 0) is 40.5 Å². The molecule has 130 valence electrons. The largest absolute Gasteiger partial charge is 0.463 e. The Morgan fingerprint density at radius 1 is 1.41 bits per heavy atom. The SMILES string of the molecule is CCNC(=NCC1(C)CCCO1)NCCC(=O)OC(C)C.I. The van der Waals surface area contributed by atoms with E-state index in [4.69, 9.17) is 9.47 Å². The van der Waals surface area contributed by atoms with Crippen LogP contribution in [-0.2, 0) is 14.3 Å². The molecule has 0 spiro atoms. The normalized spacial score (nSPS) is 21.4. The lowest BCUT2D eigenvalue weighted by molar-refractivity contribution is -0.147. The van der Waals surface area contributed by atoms with Crippen LogP contribution >= 0.6 is 24.0 Å². The van der Waals surface area contributed by atoms with Crippen molar-refractivity contribution in [3.8, 4) is 0 Å². The minimum atomic E-state index is -0.195. The predicted molar refractivity (Wildman–Crippen MR) is 98.8 cm³/mol. The first-order chi connectivity index (χ1) is 9.95. The van der Waals surface area contributed by atoms with E-state index < -0.39 is 0 Å². The molecule has 1 atom stereocenters. The summed E-state index contributed by atoms with van der Waals surface area (Å²) in [6.45, 7) is 10.5. The molecular weight excluding hydrogens is 397 g/mol. The molecule has 0 aromatic rings. The Morgan fingerprint density at radius 3 is 2.68 bits per heavy atom. The third-order valence-corrected chi connectivity index (χ3v) is 3.21. The van der Waals surface area contributed by atoms with Gasteiger partial charge in [0.15, 0.2) is 5.96 Å². The summed E-state index contributed by atoms with van der Waals surface area (Å²) in [4.78, 5) is 16.0. The molecule has 1 heterocycles. The molecule has 0 bridgehead atoms. The van der Waals surface area contributed by atoms with Gasteiger partial charge in [0.25, 0.3) is 0 Å². The monoisotopic (exact) mass is 427 g/mol. The van der Waals surface area contributed by atoms with E-state index in [1.165, 1.54) is 0 Å². The molecule has 2 N–H and O–H groups in total. The highest BCUT2D eigenvalue weighted by Gasteiger charge is 2.29. The smallest absolute Gasteiger partial charge is 0.307 e. The van der Waals surface area contributed by atoms with Gasteiger partial charge in [0.2, 0.25) is 0 Å². The Bertz CT molecular complexity index is 356. The lowest BCUT2D eigenvalue weighted by Crippen LogP contribution is -2.40. The summed E-state index contributed by atoms with van der Waals surface area (Å²) in [5.41, 5.74) is -0.154. The molecular formula is C15H30IN3O3. The van der Waals surface area contributed by atoms with Gasteiger partial charge in [0, 0.05) is 19.7 Å². The van der Waals surface area contributed by atoms with Crippen molar-refractivity contribution >= 4 is 35.9 Å². The molecule has 0 amide bonds. The molecule has 1 unspecified atom stereocenters. The van der Waals surface area contributed by atoms with E-state index in [0.717, 1.165) is 26.0 Å². The van der Waals surface area contributed by atoms with Crippen LogP contribution in [0.4, 0.5) is 0 Å². The number of nitrogens with one attached hydrogen (secondary N) is 2. The maximum Gasteiger partial charge on any atom is 0.307 e. The number of carbonyl (C=O) groups excluding carboxylic acids is 1. The zero-order valence-electron chi connectivity index (χ0n) is 14.1. The van der Waals surface area contributed by atoms with Crippen molar-refractivity contribution in [3.05, 3.63) is 0 Å².